The summed E-state index contributed by atoms with van der Waals surface area (Å²) in [5, 5.41) is 3.15. The van der Waals surface area contributed by atoms with Crippen molar-refractivity contribution in [2.45, 2.75) is 45.9 Å². The van der Waals surface area contributed by atoms with Crippen LogP contribution in [0, 0.1) is 40.5 Å². The first kappa shape index (κ1) is 17.4. The Hall–Kier alpha value is -0.910. The molecular weight excluding hydrogens is 296 g/mol. The van der Waals surface area contributed by atoms with Gasteiger partial charge in [0.1, 0.15) is 0 Å². The molecule has 1 saturated heterocycles. The van der Waals surface area contributed by atoms with Gasteiger partial charge in [-0.2, -0.15) is 4.31 Å². The van der Waals surface area contributed by atoms with Crippen molar-refractivity contribution < 1.29 is 8.42 Å². The molecule has 0 bridgehead atoms. The summed E-state index contributed by atoms with van der Waals surface area (Å²) in [6.07, 6.45) is 0.933. The third-order valence-electron chi connectivity index (χ3n) is 5.27. The highest BCUT2D eigenvalue weighted by Gasteiger charge is 2.34. The Morgan fingerprint density at radius 3 is 2.00 bits per heavy atom. The molecule has 4 nitrogen and oxygen atoms in total. The first-order valence-electron chi connectivity index (χ1n) is 7.93. The van der Waals surface area contributed by atoms with Gasteiger partial charge in [0.05, 0.1) is 4.90 Å². The van der Waals surface area contributed by atoms with E-state index < -0.39 is 10.0 Å². The van der Waals surface area contributed by atoms with E-state index in [1.54, 1.807) is 4.31 Å². The topological polar surface area (TPSA) is 49.4 Å². The van der Waals surface area contributed by atoms with E-state index in [9.17, 15) is 8.42 Å². The lowest BCUT2D eigenvalue weighted by Crippen LogP contribution is -2.31. The predicted octanol–water partition coefficient (Wildman–Crippen LogP) is 2.46. The molecule has 22 heavy (non-hydrogen) atoms. The molecule has 2 rings (SSSR count). The summed E-state index contributed by atoms with van der Waals surface area (Å²) in [7, 11) is -1.49. The fourth-order valence-corrected chi connectivity index (χ4v) is 5.54. The molecule has 0 aromatic heterocycles. The molecule has 1 fully saturated rings. The van der Waals surface area contributed by atoms with E-state index in [4.69, 9.17) is 0 Å². The van der Waals surface area contributed by atoms with Crippen molar-refractivity contribution in [2.24, 2.45) is 5.92 Å². The molecule has 1 atom stereocenters. The normalized spacial score (nSPS) is 19.8. The first-order chi connectivity index (χ1) is 10.2. The quantitative estimate of drug-likeness (QED) is 0.925. The van der Waals surface area contributed by atoms with E-state index in [2.05, 4.69) is 12.2 Å². The summed E-state index contributed by atoms with van der Waals surface area (Å²) in [4.78, 5) is 0.526. The minimum Gasteiger partial charge on any atom is -0.319 e. The Kier molecular flexibility index (Phi) is 5.00. The van der Waals surface area contributed by atoms with E-state index in [1.807, 2.05) is 34.7 Å². The molecule has 0 radical (unpaired) electrons. The van der Waals surface area contributed by atoms with Crippen LogP contribution in [0.15, 0.2) is 4.90 Å². The van der Waals surface area contributed by atoms with Crippen molar-refractivity contribution >= 4 is 10.0 Å². The van der Waals surface area contributed by atoms with E-state index in [1.165, 1.54) is 5.56 Å². The molecule has 1 aromatic carbocycles. The highest BCUT2D eigenvalue weighted by atomic mass is 32.2. The Balaban J connectivity index is 2.48. The highest BCUT2D eigenvalue weighted by Crippen LogP contribution is 2.33. The maximum absolute atomic E-state index is 13.1. The zero-order valence-corrected chi connectivity index (χ0v) is 15.4. The molecule has 1 aromatic rings. The van der Waals surface area contributed by atoms with Gasteiger partial charge in [-0.05, 0) is 88.4 Å². The Bertz CT molecular complexity index is 651. The average molecular weight is 324 g/mol. The number of nitrogens with one attached hydrogen (secondary N) is 1. The second-order valence-electron chi connectivity index (χ2n) is 6.53. The van der Waals surface area contributed by atoms with E-state index in [0.717, 1.165) is 35.2 Å². The summed E-state index contributed by atoms with van der Waals surface area (Å²) in [5.74, 6) is 0.410. The summed E-state index contributed by atoms with van der Waals surface area (Å²) < 4.78 is 28.0. The van der Waals surface area contributed by atoms with E-state index in [-0.39, 0.29) is 0 Å². The van der Waals surface area contributed by atoms with Gasteiger partial charge in [0, 0.05) is 13.1 Å². The molecule has 1 aliphatic rings. The lowest BCUT2D eigenvalue weighted by molar-refractivity contribution is 0.450. The van der Waals surface area contributed by atoms with E-state index >= 15 is 0 Å². The zero-order chi connectivity index (χ0) is 16.7. The van der Waals surface area contributed by atoms with Gasteiger partial charge >= 0.3 is 0 Å². The van der Waals surface area contributed by atoms with Crippen molar-refractivity contribution in [2.75, 3.05) is 26.7 Å². The van der Waals surface area contributed by atoms with Crippen LogP contribution in [0.25, 0.3) is 0 Å². The molecule has 1 aliphatic heterocycles. The molecule has 1 N–H and O–H groups in total. The Labute approximate surface area is 135 Å². The van der Waals surface area contributed by atoms with E-state index in [0.29, 0.717) is 23.9 Å². The molecule has 1 heterocycles. The lowest BCUT2D eigenvalue weighted by atomic mass is 9.95. The Morgan fingerprint density at radius 1 is 1.00 bits per heavy atom. The number of benzene rings is 1. The van der Waals surface area contributed by atoms with Gasteiger partial charge in [0.2, 0.25) is 10.0 Å². The second kappa shape index (κ2) is 6.30. The number of hydrogen-bond acceptors (Lipinski definition) is 3. The van der Waals surface area contributed by atoms with Crippen LogP contribution < -0.4 is 5.32 Å². The molecule has 5 heteroatoms. The molecule has 0 spiro atoms. The van der Waals surface area contributed by atoms with Crippen LogP contribution in [0.1, 0.15) is 34.2 Å². The fourth-order valence-electron chi connectivity index (χ4n) is 3.45. The monoisotopic (exact) mass is 324 g/mol. The van der Waals surface area contributed by atoms with Crippen molar-refractivity contribution in [1.29, 1.82) is 0 Å². The number of sulfonamides is 1. The third-order valence-corrected chi connectivity index (χ3v) is 7.41. The maximum atomic E-state index is 13.1. The summed E-state index contributed by atoms with van der Waals surface area (Å²) in [5.41, 5.74) is 5.18. The van der Waals surface area contributed by atoms with Crippen LogP contribution in [0.4, 0.5) is 0 Å². The van der Waals surface area contributed by atoms with Crippen molar-refractivity contribution in [1.82, 2.24) is 9.62 Å². The van der Waals surface area contributed by atoms with Gasteiger partial charge in [-0.1, -0.05) is 0 Å². The van der Waals surface area contributed by atoms with Crippen LogP contribution >= 0.6 is 0 Å². The molecule has 0 amide bonds. The molecule has 124 valence electrons. The van der Waals surface area contributed by atoms with Crippen LogP contribution in [0.5, 0.6) is 0 Å². The highest BCUT2D eigenvalue weighted by molar-refractivity contribution is 7.89. The average Bonchev–Trinajstić information content (AvgIpc) is 2.93. The number of rotatable bonds is 4. The van der Waals surface area contributed by atoms with Crippen LogP contribution in [0.2, 0.25) is 0 Å². The van der Waals surface area contributed by atoms with Gasteiger partial charge in [-0.15, -0.1) is 0 Å². The molecular formula is C17H28N2O2S. The summed E-state index contributed by atoms with van der Waals surface area (Å²) >= 11 is 0. The third kappa shape index (κ3) is 2.82. The zero-order valence-electron chi connectivity index (χ0n) is 14.6. The molecule has 0 aliphatic carbocycles. The van der Waals surface area contributed by atoms with Gasteiger partial charge in [-0.25, -0.2) is 8.42 Å². The van der Waals surface area contributed by atoms with Gasteiger partial charge in [0.25, 0.3) is 0 Å². The number of nitrogens with zero attached hydrogens (tertiary/aromatic N) is 1. The fraction of sp³-hybridized carbons (Fsp3) is 0.647. The Morgan fingerprint density at radius 2 is 1.50 bits per heavy atom. The largest absolute Gasteiger partial charge is 0.319 e. The lowest BCUT2D eigenvalue weighted by Gasteiger charge is -2.23. The smallest absolute Gasteiger partial charge is 0.243 e. The van der Waals surface area contributed by atoms with Crippen LogP contribution in [0.3, 0.4) is 0 Å². The standard InChI is InChI=1S/C17H28N2O2S/c1-11-12(2)14(4)17(15(5)13(11)3)22(20,21)19-8-7-16(10-19)9-18-6/h16,18H,7-10H2,1-6H3. The van der Waals surface area contributed by atoms with Gasteiger partial charge < -0.3 is 5.32 Å². The van der Waals surface area contributed by atoms with Gasteiger partial charge in [0.15, 0.2) is 0 Å². The minimum absolute atomic E-state index is 0.410. The number of hydrogen-bond donors (Lipinski definition) is 1. The summed E-state index contributed by atoms with van der Waals surface area (Å²) in [6, 6.07) is 0. The maximum Gasteiger partial charge on any atom is 0.243 e. The minimum atomic E-state index is -3.41. The van der Waals surface area contributed by atoms with Crippen LogP contribution in [-0.2, 0) is 10.0 Å². The molecule has 1 unspecified atom stereocenters. The second-order valence-corrected chi connectivity index (χ2v) is 8.40. The SMILES string of the molecule is CNCC1CCN(S(=O)(=O)c2c(C)c(C)c(C)c(C)c2C)C1. The summed E-state index contributed by atoms with van der Waals surface area (Å²) in [6.45, 7) is 12.1. The molecule has 0 saturated carbocycles. The predicted molar refractivity (Wildman–Crippen MR) is 90.9 cm³/mol. The van der Waals surface area contributed by atoms with Crippen molar-refractivity contribution in [3.8, 4) is 0 Å². The van der Waals surface area contributed by atoms with Crippen molar-refractivity contribution in [3.05, 3.63) is 27.8 Å². The van der Waals surface area contributed by atoms with Crippen LogP contribution in [-0.4, -0.2) is 39.4 Å². The van der Waals surface area contributed by atoms with Gasteiger partial charge in [-0.3, -0.25) is 0 Å². The first-order valence-corrected chi connectivity index (χ1v) is 9.37. The van der Waals surface area contributed by atoms with Crippen molar-refractivity contribution in [3.63, 3.8) is 0 Å².